The van der Waals surface area contributed by atoms with Crippen molar-refractivity contribution in [2.75, 3.05) is 6.54 Å². The number of carboxylic acids is 1. The van der Waals surface area contributed by atoms with E-state index in [4.69, 9.17) is 9.52 Å². The standard InChI is InChI=1S/C12H15NO4/c1-2-8-3-11(14)13(5-8)6-10-4-9(7-17-10)12(15)16/h4,7-8H,2-3,5-6H2,1H3,(H,15,16). The molecule has 0 bridgehead atoms. The van der Waals surface area contributed by atoms with Crippen LogP contribution in [-0.2, 0) is 11.3 Å². The van der Waals surface area contributed by atoms with E-state index in [-0.39, 0.29) is 11.5 Å². The van der Waals surface area contributed by atoms with E-state index in [9.17, 15) is 9.59 Å². The maximum atomic E-state index is 11.7. The van der Waals surface area contributed by atoms with Crippen LogP contribution in [0.4, 0.5) is 0 Å². The van der Waals surface area contributed by atoms with E-state index in [1.54, 1.807) is 4.90 Å². The van der Waals surface area contributed by atoms with Gasteiger partial charge in [0.05, 0.1) is 12.1 Å². The van der Waals surface area contributed by atoms with Crippen molar-refractivity contribution in [1.29, 1.82) is 0 Å². The molecule has 5 nitrogen and oxygen atoms in total. The molecule has 0 aliphatic carbocycles. The van der Waals surface area contributed by atoms with E-state index >= 15 is 0 Å². The van der Waals surface area contributed by atoms with Crippen molar-refractivity contribution in [3.63, 3.8) is 0 Å². The fourth-order valence-electron chi connectivity index (χ4n) is 2.04. The number of hydrogen-bond donors (Lipinski definition) is 1. The summed E-state index contributed by atoms with van der Waals surface area (Å²) in [5, 5.41) is 8.75. The van der Waals surface area contributed by atoms with E-state index < -0.39 is 5.97 Å². The zero-order chi connectivity index (χ0) is 12.4. The lowest BCUT2D eigenvalue weighted by molar-refractivity contribution is -0.128. The van der Waals surface area contributed by atoms with E-state index in [2.05, 4.69) is 6.92 Å². The molecule has 1 fully saturated rings. The Kier molecular flexibility index (Phi) is 3.17. The summed E-state index contributed by atoms with van der Waals surface area (Å²) in [6.07, 6.45) is 2.78. The first-order valence-corrected chi connectivity index (χ1v) is 5.68. The zero-order valence-electron chi connectivity index (χ0n) is 9.68. The number of rotatable bonds is 4. The molecule has 0 saturated carbocycles. The molecule has 2 heterocycles. The molecule has 0 radical (unpaired) electrons. The Morgan fingerprint density at radius 2 is 2.41 bits per heavy atom. The lowest BCUT2D eigenvalue weighted by Crippen LogP contribution is -2.24. The molecule has 1 aliphatic heterocycles. The van der Waals surface area contributed by atoms with Crippen LogP contribution in [0.5, 0.6) is 0 Å². The van der Waals surface area contributed by atoms with Gasteiger partial charge in [-0.15, -0.1) is 0 Å². The third kappa shape index (κ3) is 2.49. The molecule has 1 N–H and O–H groups in total. The quantitative estimate of drug-likeness (QED) is 0.865. The van der Waals surface area contributed by atoms with Crippen LogP contribution >= 0.6 is 0 Å². The van der Waals surface area contributed by atoms with Crippen LogP contribution in [0.2, 0.25) is 0 Å². The summed E-state index contributed by atoms with van der Waals surface area (Å²) in [5.41, 5.74) is 0.124. The second-order valence-electron chi connectivity index (χ2n) is 4.36. The number of carbonyl (C=O) groups excluding carboxylic acids is 1. The predicted molar refractivity (Wildman–Crippen MR) is 59.5 cm³/mol. The fourth-order valence-corrected chi connectivity index (χ4v) is 2.04. The zero-order valence-corrected chi connectivity index (χ0v) is 9.68. The summed E-state index contributed by atoms with van der Waals surface area (Å²) in [6.45, 7) is 3.16. The third-order valence-corrected chi connectivity index (χ3v) is 3.12. The molecule has 1 unspecified atom stereocenters. The van der Waals surface area contributed by atoms with Crippen LogP contribution in [0, 0.1) is 5.92 Å². The number of nitrogens with zero attached hydrogens (tertiary/aromatic N) is 1. The molecule has 1 atom stereocenters. The van der Waals surface area contributed by atoms with Gasteiger partial charge < -0.3 is 14.4 Å². The molecule has 17 heavy (non-hydrogen) atoms. The van der Waals surface area contributed by atoms with Gasteiger partial charge in [0.25, 0.3) is 0 Å². The molecule has 1 aromatic rings. The number of hydrogen-bond acceptors (Lipinski definition) is 3. The number of aromatic carboxylic acids is 1. The van der Waals surface area contributed by atoms with Crippen molar-refractivity contribution in [3.8, 4) is 0 Å². The van der Waals surface area contributed by atoms with Gasteiger partial charge in [-0.1, -0.05) is 13.3 Å². The highest BCUT2D eigenvalue weighted by atomic mass is 16.4. The van der Waals surface area contributed by atoms with Gasteiger partial charge in [-0.25, -0.2) is 4.79 Å². The lowest BCUT2D eigenvalue weighted by Gasteiger charge is -2.14. The largest absolute Gasteiger partial charge is 0.478 e. The predicted octanol–water partition coefficient (Wildman–Crippen LogP) is 1.74. The van der Waals surface area contributed by atoms with Crippen LogP contribution in [-0.4, -0.2) is 28.4 Å². The maximum absolute atomic E-state index is 11.7. The Morgan fingerprint density at radius 1 is 1.65 bits per heavy atom. The third-order valence-electron chi connectivity index (χ3n) is 3.12. The molecule has 1 aliphatic rings. The topological polar surface area (TPSA) is 70.8 Å². The van der Waals surface area contributed by atoms with Crippen molar-refractivity contribution in [1.82, 2.24) is 4.90 Å². The van der Waals surface area contributed by atoms with Crippen molar-refractivity contribution in [2.24, 2.45) is 5.92 Å². The first-order valence-electron chi connectivity index (χ1n) is 5.68. The number of furan rings is 1. The minimum Gasteiger partial charge on any atom is -0.478 e. The Balaban J connectivity index is 2.01. The van der Waals surface area contributed by atoms with Gasteiger partial charge in [-0.05, 0) is 12.0 Å². The number of carboxylic acid groups (broad SMARTS) is 1. The highest BCUT2D eigenvalue weighted by molar-refractivity contribution is 5.87. The number of carbonyl (C=O) groups is 2. The average Bonchev–Trinajstić information content (AvgIpc) is 2.87. The molecule has 1 saturated heterocycles. The lowest BCUT2D eigenvalue weighted by atomic mass is 10.1. The normalized spacial score (nSPS) is 19.9. The van der Waals surface area contributed by atoms with Crippen molar-refractivity contribution < 1.29 is 19.1 Å². The van der Waals surface area contributed by atoms with Gasteiger partial charge in [-0.2, -0.15) is 0 Å². The highest BCUT2D eigenvalue weighted by Gasteiger charge is 2.28. The van der Waals surface area contributed by atoms with Gasteiger partial charge in [0, 0.05) is 13.0 Å². The van der Waals surface area contributed by atoms with Gasteiger partial charge >= 0.3 is 5.97 Å². The molecule has 0 aromatic carbocycles. The summed E-state index contributed by atoms with van der Waals surface area (Å²) in [6, 6.07) is 1.47. The average molecular weight is 237 g/mol. The monoisotopic (exact) mass is 237 g/mol. The summed E-state index contributed by atoms with van der Waals surface area (Å²) in [5.74, 6) is 0.0354. The van der Waals surface area contributed by atoms with Crippen molar-refractivity contribution in [3.05, 3.63) is 23.7 Å². The Bertz CT molecular complexity index is 437. The van der Waals surface area contributed by atoms with Crippen LogP contribution < -0.4 is 0 Å². The molecular formula is C12H15NO4. The molecule has 92 valence electrons. The van der Waals surface area contributed by atoms with Crippen LogP contribution in [0.3, 0.4) is 0 Å². The van der Waals surface area contributed by atoms with Crippen LogP contribution in [0.1, 0.15) is 35.9 Å². The van der Waals surface area contributed by atoms with Gasteiger partial charge in [0.2, 0.25) is 5.91 Å². The second-order valence-corrected chi connectivity index (χ2v) is 4.36. The van der Waals surface area contributed by atoms with Crippen LogP contribution in [0.15, 0.2) is 16.7 Å². The van der Waals surface area contributed by atoms with Gasteiger partial charge in [0.15, 0.2) is 0 Å². The molecule has 1 aromatic heterocycles. The molecule has 0 spiro atoms. The Hall–Kier alpha value is -1.78. The first kappa shape index (κ1) is 11.7. The summed E-state index contributed by atoms with van der Waals surface area (Å²) in [4.78, 5) is 24.1. The number of amides is 1. The molecule has 1 amide bonds. The maximum Gasteiger partial charge on any atom is 0.338 e. The SMILES string of the molecule is CCC1CC(=O)N(Cc2cc(C(=O)O)co2)C1. The van der Waals surface area contributed by atoms with Crippen molar-refractivity contribution >= 4 is 11.9 Å². The number of likely N-dealkylation sites (tertiary alicyclic amines) is 1. The summed E-state index contributed by atoms with van der Waals surface area (Å²) < 4.78 is 5.13. The molecule has 5 heteroatoms. The highest BCUT2D eigenvalue weighted by Crippen LogP contribution is 2.22. The van der Waals surface area contributed by atoms with E-state index in [1.807, 2.05) is 0 Å². The van der Waals surface area contributed by atoms with E-state index in [1.165, 1.54) is 12.3 Å². The van der Waals surface area contributed by atoms with E-state index in [0.717, 1.165) is 13.0 Å². The first-order chi connectivity index (χ1) is 8.10. The Labute approximate surface area is 99.0 Å². The van der Waals surface area contributed by atoms with Crippen molar-refractivity contribution in [2.45, 2.75) is 26.3 Å². The van der Waals surface area contributed by atoms with Crippen LogP contribution in [0.25, 0.3) is 0 Å². The summed E-state index contributed by atoms with van der Waals surface area (Å²) >= 11 is 0. The minimum atomic E-state index is -1.01. The van der Waals surface area contributed by atoms with Gasteiger partial charge in [0.1, 0.15) is 12.0 Å². The summed E-state index contributed by atoms with van der Waals surface area (Å²) in [7, 11) is 0. The molecule has 2 rings (SSSR count). The fraction of sp³-hybridized carbons (Fsp3) is 0.500. The second kappa shape index (κ2) is 4.61. The molecular weight excluding hydrogens is 222 g/mol. The Morgan fingerprint density at radius 3 is 2.94 bits per heavy atom. The van der Waals surface area contributed by atoms with Gasteiger partial charge in [-0.3, -0.25) is 4.79 Å². The minimum absolute atomic E-state index is 0.116. The van der Waals surface area contributed by atoms with E-state index in [0.29, 0.717) is 24.6 Å². The smallest absolute Gasteiger partial charge is 0.338 e.